The van der Waals surface area contributed by atoms with Crippen LogP contribution in [-0.2, 0) is 14.8 Å². The first-order valence-corrected chi connectivity index (χ1v) is 6.79. The van der Waals surface area contributed by atoms with Gasteiger partial charge in [0.25, 0.3) is 0 Å². The molecule has 0 spiro atoms. The summed E-state index contributed by atoms with van der Waals surface area (Å²) in [6, 6.07) is 0. The van der Waals surface area contributed by atoms with Gasteiger partial charge in [0, 0.05) is 13.2 Å². The van der Waals surface area contributed by atoms with Gasteiger partial charge in [-0.05, 0) is 19.8 Å². The summed E-state index contributed by atoms with van der Waals surface area (Å²) in [6.45, 7) is 4.89. The van der Waals surface area contributed by atoms with Gasteiger partial charge in [-0.15, -0.1) is 0 Å². The highest BCUT2D eigenvalue weighted by atomic mass is 32.2. The zero-order valence-electron chi connectivity index (χ0n) is 9.32. The molecule has 1 aliphatic rings. The first kappa shape index (κ1) is 12.9. The molecule has 1 heterocycles. The van der Waals surface area contributed by atoms with Crippen LogP contribution in [0.25, 0.3) is 0 Å². The Morgan fingerprint density at radius 3 is 2.67 bits per heavy atom. The molecule has 1 saturated heterocycles. The van der Waals surface area contributed by atoms with E-state index in [1.165, 1.54) is 0 Å². The highest BCUT2D eigenvalue weighted by Crippen LogP contribution is 2.20. The van der Waals surface area contributed by atoms with Gasteiger partial charge in [-0.2, -0.15) is 0 Å². The molecule has 5 nitrogen and oxygen atoms in total. The quantitative estimate of drug-likeness (QED) is 0.694. The van der Waals surface area contributed by atoms with Gasteiger partial charge < -0.3 is 10.5 Å². The molecule has 0 aliphatic carbocycles. The number of nitrogens with one attached hydrogen (secondary N) is 1. The first-order valence-electron chi connectivity index (χ1n) is 5.24. The van der Waals surface area contributed by atoms with Crippen LogP contribution >= 0.6 is 0 Å². The van der Waals surface area contributed by atoms with Crippen LogP contribution in [0.5, 0.6) is 0 Å². The van der Waals surface area contributed by atoms with Crippen molar-refractivity contribution in [2.45, 2.75) is 37.5 Å². The molecule has 3 N–H and O–H groups in total. The Labute approximate surface area is 91.4 Å². The Morgan fingerprint density at radius 1 is 1.60 bits per heavy atom. The van der Waals surface area contributed by atoms with Crippen molar-refractivity contribution in [3.8, 4) is 0 Å². The fourth-order valence-electron chi connectivity index (χ4n) is 1.69. The highest BCUT2D eigenvalue weighted by molar-refractivity contribution is 7.90. The standard InChI is InChI=1S/C9H20N2O3S/c1-3-8(6-10)15(12,13)11-9(2)4-5-14-7-9/h8,11H,3-7,10H2,1-2H3. The Bertz CT molecular complexity index is 292. The molecule has 2 unspecified atom stereocenters. The van der Waals surface area contributed by atoms with Crippen LogP contribution in [0.4, 0.5) is 0 Å². The van der Waals surface area contributed by atoms with Gasteiger partial charge in [-0.25, -0.2) is 13.1 Å². The summed E-state index contributed by atoms with van der Waals surface area (Å²) < 4.78 is 31.7. The van der Waals surface area contributed by atoms with Crippen molar-refractivity contribution < 1.29 is 13.2 Å². The van der Waals surface area contributed by atoms with E-state index in [2.05, 4.69) is 4.72 Å². The van der Waals surface area contributed by atoms with Gasteiger partial charge in [0.05, 0.1) is 17.4 Å². The molecule has 6 heteroatoms. The summed E-state index contributed by atoms with van der Waals surface area (Å²) in [5.41, 5.74) is 4.98. The van der Waals surface area contributed by atoms with Crippen LogP contribution in [0.3, 0.4) is 0 Å². The molecule has 0 radical (unpaired) electrons. The van der Waals surface area contributed by atoms with E-state index in [1.807, 2.05) is 13.8 Å². The topological polar surface area (TPSA) is 81.4 Å². The summed E-state index contributed by atoms with van der Waals surface area (Å²) in [5.74, 6) is 0. The van der Waals surface area contributed by atoms with E-state index >= 15 is 0 Å². The number of sulfonamides is 1. The van der Waals surface area contributed by atoms with Crippen molar-refractivity contribution in [3.05, 3.63) is 0 Å². The monoisotopic (exact) mass is 236 g/mol. The highest BCUT2D eigenvalue weighted by Gasteiger charge is 2.36. The molecule has 1 rings (SSSR count). The SMILES string of the molecule is CCC(CN)S(=O)(=O)NC1(C)CCOC1. The van der Waals surface area contributed by atoms with E-state index in [4.69, 9.17) is 10.5 Å². The van der Waals surface area contributed by atoms with Gasteiger partial charge in [-0.3, -0.25) is 0 Å². The van der Waals surface area contributed by atoms with Gasteiger partial charge in [0.1, 0.15) is 0 Å². The molecule has 0 bridgehead atoms. The maximum absolute atomic E-state index is 11.9. The molecule has 1 aliphatic heterocycles. The predicted molar refractivity (Wildman–Crippen MR) is 59.0 cm³/mol. The van der Waals surface area contributed by atoms with E-state index in [0.717, 1.165) is 0 Å². The molecule has 0 saturated carbocycles. The van der Waals surface area contributed by atoms with E-state index < -0.39 is 20.8 Å². The normalized spacial score (nSPS) is 29.3. The second-order valence-electron chi connectivity index (χ2n) is 4.28. The zero-order valence-corrected chi connectivity index (χ0v) is 10.1. The zero-order chi connectivity index (χ0) is 11.5. The Hall–Kier alpha value is -0.170. The maximum atomic E-state index is 11.9. The molecule has 1 fully saturated rings. The molecule has 0 amide bonds. The molecule has 0 aromatic heterocycles. The Morgan fingerprint density at radius 2 is 2.27 bits per heavy atom. The number of hydrogen-bond donors (Lipinski definition) is 2. The number of nitrogens with two attached hydrogens (primary N) is 1. The third kappa shape index (κ3) is 3.14. The van der Waals surface area contributed by atoms with Crippen molar-refractivity contribution in [1.29, 1.82) is 0 Å². The Kier molecular flexibility index (Phi) is 4.11. The van der Waals surface area contributed by atoms with Gasteiger partial charge in [0.15, 0.2) is 0 Å². The fraction of sp³-hybridized carbons (Fsp3) is 1.00. The van der Waals surface area contributed by atoms with E-state index in [9.17, 15) is 8.42 Å². The van der Waals surface area contributed by atoms with Crippen molar-refractivity contribution in [1.82, 2.24) is 4.72 Å². The average Bonchev–Trinajstić information content (AvgIpc) is 2.52. The molecular formula is C9H20N2O3S. The van der Waals surface area contributed by atoms with Crippen LogP contribution < -0.4 is 10.5 Å². The minimum absolute atomic E-state index is 0.156. The smallest absolute Gasteiger partial charge is 0.216 e. The van der Waals surface area contributed by atoms with Gasteiger partial charge >= 0.3 is 0 Å². The van der Waals surface area contributed by atoms with Crippen molar-refractivity contribution >= 4 is 10.0 Å². The summed E-state index contributed by atoms with van der Waals surface area (Å²) in [7, 11) is -3.32. The Balaban J connectivity index is 2.70. The minimum atomic E-state index is -3.32. The second-order valence-corrected chi connectivity index (χ2v) is 6.24. The van der Waals surface area contributed by atoms with Crippen LogP contribution in [0.15, 0.2) is 0 Å². The molecular weight excluding hydrogens is 216 g/mol. The van der Waals surface area contributed by atoms with Crippen molar-refractivity contribution in [3.63, 3.8) is 0 Å². The molecule has 0 aromatic rings. The van der Waals surface area contributed by atoms with Crippen LogP contribution in [0, 0.1) is 0 Å². The molecule has 0 aromatic carbocycles. The largest absolute Gasteiger partial charge is 0.379 e. The minimum Gasteiger partial charge on any atom is -0.379 e. The lowest BCUT2D eigenvalue weighted by Gasteiger charge is -2.26. The number of hydrogen-bond acceptors (Lipinski definition) is 4. The first-order chi connectivity index (χ1) is 6.93. The summed E-state index contributed by atoms with van der Waals surface area (Å²) >= 11 is 0. The van der Waals surface area contributed by atoms with Crippen molar-refractivity contribution in [2.24, 2.45) is 5.73 Å². The van der Waals surface area contributed by atoms with Crippen LogP contribution in [-0.4, -0.2) is 39.0 Å². The average molecular weight is 236 g/mol. The predicted octanol–water partition coefficient (Wildman–Crippen LogP) is -0.178. The second kappa shape index (κ2) is 4.78. The van der Waals surface area contributed by atoms with E-state index in [0.29, 0.717) is 26.1 Å². The summed E-state index contributed by atoms with van der Waals surface area (Å²) in [6.07, 6.45) is 1.25. The molecule has 2 atom stereocenters. The number of ether oxygens (including phenoxy) is 1. The van der Waals surface area contributed by atoms with E-state index in [1.54, 1.807) is 0 Å². The third-order valence-electron chi connectivity index (χ3n) is 2.76. The molecule has 15 heavy (non-hydrogen) atoms. The lowest BCUT2D eigenvalue weighted by atomic mass is 10.0. The van der Waals surface area contributed by atoms with Gasteiger partial charge in [-0.1, -0.05) is 6.92 Å². The number of rotatable bonds is 5. The van der Waals surface area contributed by atoms with Gasteiger partial charge in [0.2, 0.25) is 10.0 Å². The lowest BCUT2D eigenvalue weighted by Crippen LogP contribution is -2.51. The maximum Gasteiger partial charge on any atom is 0.216 e. The fourth-order valence-corrected chi connectivity index (χ4v) is 3.39. The van der Waals surface area contributed by atoms with E-state index in [-0.39, 0.29) is 6.54 Å². The van der Waals surface area contributed by atoms with Crippen LogP contribution in [0.2, 0.25) is 0 Å². The third-order valence-corrected chi connectivity index (χ3v) is 4.95. The summed E-state index contributed by atoms with van der Waals surface area (Å²) in [4.78, 5) is 0. The summed E-state index contributed by atoms with van der Waals surface area (Å²) in [5, 5.41) is -0.505. The molecule has 90 valence electrons. The van der Waals surface area contributed by atoms with Crippen molar-refractivity contribution in [2.75, 3.05) is 19.8 Å². The lowest BCUT2D eigenvalue weighted by molar-refractivity contribution is 0.178. The van der Waals surface area contributed by atoms with Crippen LogP contribution in [0.1, 0.15) is 26.7 Å².